The maximum Gasteiger partial charge on any atom is 0.331 e. The Morgan fingerprint density at radius 3 is 2.46 bits per heavy atom. The minimum atomic E-state index is -1.20. The second-order valence-corrected chi connectivity index (χ2v) is 9.61. The molecule has 2 heterocycles. The minimum Gasteiger partial charge on any atom is -0.454 e. The van der Waals surface area contributed by atoms with Gasteiger partial charge in [0.15, 0.2) is 0 Å². The van der Waals surface area contributed by atoms with Gasteiger partial charge >= 0.3 is 5.97 Å². The van der Waals surface area contributed by atoms with Crippen molar-refractivity contribution >= 4 is 23.6 Å². The average molecular weight is 492 g/mol. The second-order valence-electron chi connectivity index (χ2n) is 9.61. The van der Waals surface area contributed by atoms with Gasteiger partial charge in [-0.1, -0.05) is 38.2 Å². The van der Waals surface area contributed by atoms with Crippen LogP contribution in [0.15, 0.2) is 36.0 Å². The van der Waals surface area contributed by atoms with Gasteiger partial charge in [-0.05, 0) is 37.7 Å². The molecule has 0 aromatic heterocycles. The van der Waals surface area contributed by atoms with Crippen molar-refractivity contribution in [2.75, 3.05) is 0 Å². The predicted octanol–water partition coefficient (Wildman–Crippen LogP) is 1.51. The molecule has 9 nitrogen and oxygen atoms in total. The molecular formula is C26H37NO8. The fraction of sp³-hybridized carbons (Fsp3) is 0.615. The van der Waals surface area contributed by atoms with Crippen LogP contribution in [0.25, 0.3) is 0 Å². The summed E-state index contributed by atoms with van der Waals surface area (Å²) in [5, 5.41) is 33.5. The second kappa shape index (κ2) is 13.5. The Bertz CT molecular complexity index is 861. The van der Waals surface area contributed by atoms with E-state index in [4.69, 9.17) is 4.74 Å². The lowest BCUT2D eigenvalue weighted by Crippen LogP contribution is -2.40. The summed E-state index contributed by atoms with van der Waals surface area (Å²) in [7, 11) is 0. The quantitative estimate of drug-likeness (QED) is 0.238. The van der Waals surface area contributed by atoms with Crippen molar-refractivity contribution in [3.63, 3.8) is 0 Å². The summed E-state index contributed by atoms with van der Waals surface area (Å²) in [6, 6.07) is 0. The van der Waals surface area contributed by atoms with Gasteiger partial charge in [0.1, 0.15) is 11.9 Å². The lowest BCUT2D eigenvalue weighted by Gasteiger charge is -2.30. The monoisotopic (exact) mass is 491 g/mol. The standard InChI is InChI=1S/C26H37NO8/c1-15(21(30)14-19(28)11-18-12-22(31)27-23(32)13-18)10-16(2)26-17(3)25(34)20(29)8-6-4-5-7-9-24(33)35-26/h6-10,15,17-20,25-26,28-29,34H,4-5,11-14H2,1-3H3,(H,27,31,32). The summed E-state index contributed by atoms with van der Waals surface area (Å²) >= 11 is 0. The zero-order valence-electron chi connectivity index (χ0n) is 20.6. The van der Waals surface area contributed by atoms with E-state index in [0.29, 0.717) is 18.4 Å². The van der Waals surface area contributed by atoms with Crippen LogP contribution in [0, 0.1) is 17.8 Å². The van der Waals surface area contributed by atoms with Crippen LogP contribution in [-0.2, 0) is 23.9 Å². The number of nitrogens with one attached hydrogen (secondary N) is 1. The number of carbonyl (C=O) groups excluding carboxylic acids is 4. The molecule has 0 bridgehead atoms. The van der Waals surface area contributed by atoms with Crippen LogP contribution in [0.5, 0.6) is 0 Å². The Balaban J connectivity index is 2.07. The van der Waals surface area contributed by atoms with E-state index >= 15 is 0 Å². The molecule has 4 N–H and O–H groups in total. The maximum absolute atomic E-state index is 12.7. The SMILES string of the molecule is CC(=CC(C)C(=O)CC(O)CC1CC(=O)NC(=O)C1)C1OC(=O)C=CCCC=CC(O)C(O)C1C. The molecule has 6 atom stereocenters. The number of amides is 2. The van der Waals surface area contributed by atoms with Crippen molar-refractivity contribution in [3.8, 4) is 0 Å². The first kappa shape index (κ1) is 28.6. The number of Topliss-reactive ketones (excluding diaryl/α,β-unsaturated/α-hetero) is 1. The number of aliphatic hydroxyl groups excluding tert-OH is 3. The van der Waals surface area contributed by atoms with Crippen LogP contribution in [-0.4, -0.2) is 63.3 Å². The third-order valence-electron chi connectivity index (χ3n) is 6.44. The van der Waals surface area contributed by atoms with E-state index in [2.05, 4.69) is 5.32 Å². The molecule has 0 radical (unpaired) electrons. The van der Waals surface area contributed by atoms with Crippen LogP contribution in [0.2, 0.25) is 0 Å². The van der Waals surface area contributed by atoms with Crippen molar-refractivity contribution in [2.24, 2.45) is 17.8 Å². The van der Waals surface area contributed by atoms with Crippen LogP contribution >= 0.6 is 0 Å². The van der Waals surface area contributed by atoms with Gasteiger partial charge in [0.25, 0.3) is 0 Å². The Morgan fingerprint density at radius 1 is 1.17 bits per heavy atom. The molecule has 35 heavy (non-hydrogen) atoms. The highest BCUT2D eigenvalue weighted by Gasteiger charge is 2.33. The zero-order chi connectivity index (χ0) is 26.1. The van der Waals surface area contributed by atoms with E-state index in [1.165, 1.54) is 12.2 Å². The average Bonchev–Trinajstić information content (AvgIpc) is 2.76. The summed E-state index contributed by atoms with van der Waals surface area (Å²) < 4.78 is 5.58. The van der Waals surface area contributed by atoms with Crippen LogP contribution in [0.1, 0.15) is 59.3 Å². The largest absolute Gasteiger partial charge is 0.454 e. The molecule has 6 unspecified atom stereocenters. The Kier molecular flexibility index (Phi) is 11.0. The van der Waals surface area contributed by atoms with Gasteiger partial charge in [0, 0.05) is 37.2 Å². The van der Waals surface area contributed by atoms with Gasteiger partial charge < -0.3 is 20.1 Å². The van der Waals surface area contributed by atoms with E-state index in [1.54, 1.807) is 39.0 Å². The number of ketones is 1. The van der Waals surface area contributed by atoms with Gasteiger partial charge in [0.2, 0.25) is 11.8 Å². The molecule has 2 amide bonds. The lowest BCUT2D eigenvalue weighted by atomic mass is 9.86. The molecule has 0 aromatic rings. The number of aliphatic hydroxyl groups is 3. The normalized spacial score (nSPS) is 29.0. The number of rotatable bonds is 7. The number of hydrogen-bond acceptors (Lipinski definition) is 8. The van der Waals surface area contributed by atoms with Crippen molar-refractivity contribution in [1.29, 1.82) is 0 Å². The van der Waals surface area contributed by atoms with Crippen molar-refractivity contribution in [2.45, 2.75) is 83.7 Å². The van der Waals surface area contributed by atoms with Gasteiger partial charge in [-0.3, -0.25) is 19.7 Å². The smallest absolute Gasteiger partial charge is 0.331 e. The van der Waals surface area contributed by atoms with Gasteiger partial charge in [-0.2, -0.15) is 0 Å². The van der Waals surface area contributed by atoms with Gasteiger partial charge in [0.05, 0.1) is 18.3 Å². The molecule has 1 fully saturated rings. The van der Waals surface area contributed by atoms with E-state index in [-0.39, 0.29) is 49.2 Å². The number of esters is 1. The topological polar surface area (TPSA) is 150 Å². The summed E-state index contributed by atoms with van der Waals surface area (Å²) in [4.78, 5) is 48.1. The van der Waals surface area contributed by atoms with Crippen molar-refractivity contribution in [1.82, 2.24) is 5.32 Å². The molecule has 2 aliphatic rings. The number of ether oxygens (including phenoxy) is 1. The third kappa shape index (κ3) is 9.16. The van der Waals surface area contributed by atoms with Gasteiger partial charge in [-0.15, -0.1) is 0 Å². The van der Waals surface area contributed by atoms with Crippen LogP contribution in [0.3, 0.4) is 0 Å². The summed E-state index contributed by atoms with van der Waals surface area (Å²) in [6.45, 7) is 5.00. The first-order valence-electron chi connectivity index (χ1n) is 12.1. The summed E-state index contributed by atoms with van der Waals surface area (Å²) in [6.07, 6.45) is 5.18. The molecule has 2 rings (SSSR count). The van der Waals surface area contributed by atoms with Crippen LogP contribution < -0.4 is 5.32 Å². The first-order chi connectivity index (χ1) is 16.5. The van der Waals surface area contributed by atoms with Gasteiger partial charge in [-0.25, -0.2) is 4.79 Å². The van der Waals surface area contributed by atoms with Crippen LogP contribution in [0.4, 0.5) is 0 Å². The lowest BCUT2D eigenvalue weighted by molar-refractivity contribution is -0.146. The number of cyclic esters (lactones) is 1. The number of carbonyl (C=O) groups is 4. The number of piperidine rings is 1. The summed E-state index contributed by atoms with van der Waals surface area (Å²) in [5.41, 5.74) is 0.538. The fourth-order valence-corrected chi connectivity index (χ4v) is 4.48. The zero-order valence-corrected chi connectivity index (χ0v) is 20.6. The molecule has 194 valence electrons. The Morgan fingerprint density at radius 2 is 1.80 bits per heavy atom. The minimum absolute atomic E-state index is 0.133. The molecule has 0 aliphatic carbocycles. The Hall–Kier alpha value is -2.62. The number of hydrogen-bond donors (Lipinski definition) is 4. The molecule has 9 heteroatoms. The molecule has 0 aromatic carbocycles. The van der Waals surface area contributed by atoms with Crippen molar-refractivity contribution < 1.29 is 39.2 Å². The predicted molar refractivity (Wildman–Crippen MR) is 128 cm³/mol. The van der Waals surface area contributed by atoms with Crippen molar-refractivity contribution in [3.05, 3.63) is 36.0 Å². The maximum atomic E-state index is 12.7. The molecular weight excluding hydrogens is 454 g/mol. The molecule has 0 saturated carbocycles. The molecule has 2 aliphatic heterocycles. The molecule has 0 spiro atoms. The Labute approximate surface area is 205 Å². The highest BCUT2D eigenvalue weighted by Crippen LogP contribution is 2.26. The highest BCUT2D eigenvalue weighted by atomic mass is 16.5. The summed E-state index contributed by atoms with van der Waals surface area (Å²) in [5.74, 6) is -3.18. The molecule has 1 saturated heterocycles. The van der Waals surface area contributed by atoms with E-state index in [9.17, 15) is 34.5 Å². The number of allylic oxidation sites excluding steroid dienone is 3. The van der Waals surface area contributed by atoms with E-state index in [0.717, 1.165) is 0 Å². The highest BCUT2D eigenvalue weighted by molar-refractivity contribution is 5.97. The van der Waals surface area contributed by atoms with E-state index < -0.39 is 42.2 Å². The number of imide groups is 1. The third-order valence-corrected chi connectivity index (χ3v) is 6.44. The van der Waals surface area contributed by atoms with E-state index in [1.807, 2.05) is 0 Å². The fourth-order valence-electron chi connectivity index (χ4n) is 4.48. The first-order valence-corrected chi connectivity index (χ1v) is 12.1.